The van der Waals surface area contributed by atoms with Crippen molar-refractivity contribution in [1.29, 1.82) is 0 Å². The zero-order chi connectivity index (χ0) is 14.0. The van der Waals surface area contributed by atoms with E-state index in [0.29, 0.717) is 5.82 Å². The van der Waals surface area contributed by atoms with Crippen LogP contribution in [0, 0.1) is 17.0 Å². The fourth-order valence-corrected chi connectivity index (χ4v) is 2.31. The number of nitrogens with zero attached hydrogens (tertiary/aromatic N) is 3. The SMILES string of the molecule is Cc1nc(NS(=O)(=O)c2cccc([N+](=O)[O-])c2)n[nH]1. The van der Waals surface area contributed by atoms with Crippen molar-refractivity contribution < 1.29 is 13.3 Å². The van der Waals surface area contributed by atoms with Gasteiger partial charge in [0.2, 0.25) is 0 Å². The molecule has 0 spiro atoms. The molecule has 0 atom stereocenters. The summed E-state index contributed by atoms with van der Waals surface area (Å²) in [5.41, 5.74) is -0.311. The number of rotatable bonds is 4. The Morgan fingerprint density at radius 3 is 2.74 bits per heavy atom. The number of non-ortho nitro benzene ring substituents is 1. The van der Waals surface area contributed by atoms with Gasteiger partial charge in [-0.15, -0.1) is 5.10 Å². The molecule has 19 heavy (non-hydrogen) atoms. The van der Waals surface area contributed by atoms with Gasteiger partial charge in [0.25, 0.3) is 21.7 Å². The number of H-pyrrole nitrogens is 1. The molecule has 1 aromatic heterocycles. The standard InChI is InChI=1S/C9H9N5O4S/c1-6-10-9(12-11-6)13-19(17,18)8-4-2-3-7(5-8)14(15)16/h2-5H,1H3,(H2,10,11,12,13). The number of aryl methyl sites for hydroxylation is 1. The number of aromatic amines is 1. The van der Waals surface area contributed by atoms with Gasteiger partial charge in [-0.2, -0.15) is 4.98 Å². The number of anilines is 1. The molecule has 0 bridgehead atoms. The van der Waals surface area contributed by atoms with Crippen molar-refractivity contribution in [3.8, 4) is 0 Å². The molecule has 1 heterocycles. The van der Waals surface area contributed by atoms with Gasteiger partial charge >= 0.3 is 0 Å². The van der Waals surface area contributed by atoms with Crippen molar-refractivity contribution in [3.05, 3.63) is 40.2 Å². The number of aromatic nitrogens is 3. The van der Waals surface area contributed by atoms with Crippen LogP contribution in [0.15, 0.2) is 29.2 Å². The normalized spacial score (nSPS) is 11.2. The van der Waals surface area contributed by atoms with Crippen LogP contribution >= 0.6 is 0 Å². The van der Waals surface area contributed by atoms with Crippen LogP contribution in [-0.2, 0) is 10.0 Å². The van der Waals surface area contributed by atoms with Crippen LogP contribution in [0.3, 0.4) is 0 Å². The lowest BCUT2D eigenvalue weighted by Crippen LogP contribution is -2.14. The third-order valence-electron chi connectivity index (χ3n) is 2.16. The minimum atomic E-state index is -3.96. The van der Waals surface area contributed by atoms with E-state index in [-0.39, 0.29) is 16.5 Å². The van der Waals surface area contributed by atoms with E-state index < -0.39 is 14.9 Å². The number of sulfonamides is 1. The Balaban J connectivity index is 2.34. The highest BCUT2D eigenvalue weighted by atomic mass is 32.2. The quantitative estimate of drug-likeness (QED) is 0.630. The zero-order valence-electron chi connectivity index (χ0n) is 9.69. The smallest absolute Gasteiger partial charge is 0.261 e. The largest absolute Gasteiger partial charge is 0.270 e. The summed E-state index contributed by atoms with van der Waals surface area (Å²) in [4.78, 5) is 13.5. The van der Waals surface area contributed by atoms with Crippen molar-refractivity contribution in [2.75, 3.05) is 4.72 Å². The fourth-order valence-electron chi connectivity index (χ4n) is 1.33. The number of hydrogen-bond acceptors (Lipinski definition) is 6. The summed E-state index contributed by atoms with van der Waals surface area (Å²) in [6.07, 6.45) is 0. The van der Waals surface area contributed by atoms with Gasteiger partial charge in [-0.1, -0.05) is 6.07 Å². The number of benzene rings is 1. The van der Waals surface area contributed by atoms with Crippen LogP contribution in [0.25, 0.3) is 0 Å². The molecule has 2 rings (SSSR count). The molecule has 9 nitrogen and oxygen atoms in total. The maximum Gasteiger partial charge on any atom is 0.270 e. The van der Waals surface area contributed by atoms with Gasteiger partial charge < -0.3 is 0 Å². The Labute approximate surface area is 107 Å². The highest BCUT2D eigenvalue weighted by Crippen LogP contribution is 2.18. The first-order valence-electron chi connectivity index (χ1n) is 5.05. The van der Waals surface area contributed by atoms with Gasteiger partial charge in [0.15, 0.2) is 0 Å². The van der Waals surface area contributed by atoms with E-state index in [0.717, 1.165) is 6.07 Å². The molecule has 10 heteroatoms. The van der Waals surface area contributed by atoms with E-state index in [1.165, 1.54) is 18.2 Å². The van der Waals surface area contributed by atoms with E-state index in [2.05, 4.69) is 19.9 Å². The average molecular weight is 283 g/mol. The van der Waals surface area contributed by atoms with E-state index in [1.54, 1.807) is 6.92 Å². The Hall–Kier alpha value is -2.49. The maximum atomic E-state index is 12.0. The molecule has 1 aromatic carbocycles. The Morgan fingerprint density at radius 2 is 2.16 bits per heavy atom. The molecule has 0 amide bonds. The molecule has 0 fully saturated rings. The molecule has 0 saturated carbocycles. The lowest BCUT2D eigenvalue weighted by atomic mass is 10.3. The molecule has 0 radical (unpaired) electrons. The van der Waals surface area contributed by atoms with Crippen LogP contribution in [-0.4, -0.2) is 28.5 Å². The topological polar surface area (TPSA) is 131 Å². The van der Waals surface area contributed by atoms with E-state index in [4.69, 9.17) is 0 Å². The Morgan fingerprint density at radius 1 is 1.42 bits per heavy atom. The van der Waals surface area contributed by atoms with Gasteiger partial charge in [-0.05, 0) is 13.0 Å². The minimum Gasteiger partial charge on any atom is -0.261 e. The van der Waals surface area contributed by atoms with Crippen molar-refractivity contribution in [2.45, 2.75) is 11.8 Å². The molecular formula is C9H9N5O4S. The molecular weight excluding hydrogens is 274 g/mol. The first-order valence-corrected chi connectivity index (χ1v) is 6.53. The summed E-state index contributed by atoms with van der Waals surface area (Å²) in [5, 5.41) is 16.7. The summed E-state index contributed by atoms with van der Waals surface area (Å²) < 4.78 is 26.0. The van der Waals surface area contributed by atoms with Gasteiger partial charge in [0.05, 0.1) is 9.82 Å². The molecule has 0 aliphatic heterocycles. The molecule has 0 aliphatic rings. The molecule has 100 valence electrons. The number of nitro groups is 1. The molecule has 2 aromatic rings. The number of nitro benzene ring substituents is 1. The van der Waals surface area contributed by atoms with E-state index in [1.807, 2.05) is 0 Å². The van der Waals surface area contributed by atoms with Gasteiger partial charge in [-0.3, -0.25) is 15.2 Å². The predicted octanol–water partition coefficient (Wildman–Crippen LogP) is 0.822. The van der Waals surface area contributed by atoms with Crippen molar-refractivity contribution in [1.82, 2.24) is 15.2 Å². The van der Waals surface area contributed by atoms with Crippen molar-refractivity contribution in [3.63, 3.8) is 0 Å². The Bertz CT molecular complexity index is 724. The second-order valence-corrected chi connectivity index (χ2v) is 5.29. The monoisotopic (exact) mass is 283 g/mol. The summed E-state index contributed by atoms with van der Waals surface area (Å²) in [5.74, 6) is 0.320. The predicted molar refractivity (Wildman–Crippen MR) is 65.0 cm³/mol. The van der Waals surface area contributed by atoms with Crippen LogP contribution in [0.4, 0.5) is 11.6 Å². The number of nitrogens with one attached hydrogen (secondary N) is 2. The number of hydrogen-bond donors (Lipinski definition) is 2. The highest BCUT2D eigenvalue weighted by molar-refractivity contribution is 7.92. The molecule has 0 unspecified atom stereocenters. The third kappa shape index (κ3) is 2.85. The lowest BCUT2D eigenvalue weighted by Gasteiger charge is -2.03. The Kier molecular flexibility index (Phi) is 3.17. The summed E-state index contributed by atoms with van der Waals surface area (Å²) >= 11 is 0. The van der Waals surface area contributed by atoms with Gasteiger partial charge in [0, 0.05) is 12.1 Å². The fraction of sp³-hybridized carbons (Fsp3) is 0.111. The second kappa shape index (κ2) is 4.65. The lowest BCUT2D eigenvalue weighted by molar-refractivity contribution is -0.385. The minimum absolute atomic E-state index is 0.121. The van der Waals surface area contributed by atoms with Gasteiger partial charge in [-0.25, -0.2) is 13.1 Å². The third-order valence-corrected chi connectivity index (χ3v) is 3.49. The molecule has 0 saturated heterocycles. The highest BCUT2D eigenvalue weighted by Gasteiger charge is 2.19. The van der Waals surface area contributed by atoms with E-state index in [9.17, 15) is 18.5 Å². The summed E-state index contributed by atoms with van der Waals surface area (Å²) in [7, 11) is -3.96. The van der Waals surface area contributed by atoms with Crippen LogP contribution < -0.4 is 4.72 Å². The first-order chi connectivity index (χ1) is 8.88. The van der Waals surface area contributed by atoms with Crippen LogP contribution in [0.2, 0.25) is 0 Å². The van der Waals surface area contributed by atoms with Gasteiger partial charge in [0.1, 0.15) is 5.82 Å². The molecule has 2 N–H and O–H groups in total. The van der Waals surface area contributed by atoms with Crippen LogP contribution in [0.1, 0.15) is 5.82 Å². The van der Waals surface area contributed by atoms with Crippen molar-refractivity contribution >= 4 is 21.7 Å². The summed E-state index contributed by atoms with van der Waals surface area (Å²) in [6, 6.07) is 4.70. The second-order valence-electron chi connectivity index (χ2n) is 3.60. The van der Waals surface area contributed by atoms with Crippen LogP contribution in [0.5, 0.6) is 0 Å². The molecule has 0 aliphatic carbocycles. The summed E-state index contributed by atoms with van der Waals surface area (Å²) in [6.45, 7) is 1.61. The van der Waals surface area contributed by atoms with Crippen molar-refractivity contribution in [2.24, 2.45) is 0 Å². The zero-order valence-corrected chi connectivity index (χ0v) is 10.5. The van der Waals surface area contributed by atoms with E-state index >= 15 is 0 Å². The maximum absolute atomic E-state index is 12.0. The average Bonchev–Trinajstić information content (AvgIpc) is 2.74. The first kappa shape index (κ1) is 13.0.